The predicted molar refractivity (Wildman–Crippen MR) is 137 cm³/mol. The van der Waals surface area contributed by atoms with Gasteiger partial charge in [0.2, 0.25) is 0 Å². The number of nitrogens with one attached hydrogen (secondary N) is 2. The molecule has 1 fully saturated rings. The topological polar surface area (TPSA) is 95.6 Å². The molecule has 0 aliphatic carbocycles. The summed E-state index contributed by atoms with van der Waals surface area (Å²) in [5.41, 5.74) is 1.85. The van der Waals surface area contributed by atoms with E-state index in [0.29, 0.717) is 10.7 Å². The molecule has 4 rings (SSSR count). The van der Waals surface area contributed by atoms with Gasteiger partial charge in [-0.15, -0.1) is 0 Å². The van der Waals surface area contributed by atoms with Crippen molar-refractivity contribution in [2.24, 2.45) is 0 Å². The third kappa shape index (κ3) is 5.43. The van der Waals surface area contributed by atoms with E-state index in [4.69, 9.17) is 23.2 Å². The second-order valence-corrected chi connectivity index (χ2v) is 12.2. The molecule has 0 radical (unpaired) electrons. The van der Waals surface area contributed by atoms with Crippen molar-refractivity contribution in [1.82, 2.24) is 0 Å². The van der Waals surface area contributed by atoms with E-state index in [2.05, 4.69) is 9.44 Å². The van der Waals surface area contributed by atoms with Crippen LogP contribution in [-0.4, -0.2) is 29.9 Å². The molecule has 3 aromatic rings. The first-order chi connectivity index (χ1) is 16.0. The fourth-order valence-corrected chi connectivity index (χ4v) is 6.25. The van der Waals surface area contributed by atoms with Crippen LogP contribution in [0.25, 0.3) is 0 Å². The number of benzene rings is 3. The van der Waals surface area contributed by atoms with Crippen molar-refractivity contribution in [3.8, 4) is 0 Å². The minimum atomic E-state index is -4.09. The van der Waals surface area contributed by atoms with Gasteiger partial charge in [0.15, 0.2) is 0 Å². The number of hydrogen-bond donors (Lipinski definition) is 2. The van der Waals surface area contributed by atoms with Crippen LogP contribution in [0, 0.1) is 6.92 Å². The lowest BCUT2D eigenvalue weighted by molar-refractivity contribution is 0.598. The molecule has 0 spiro atoms. The fraction of sp³-hybridized carbons (Fsp3) is 0.217. The maximum absolute atomic E-state index is 13.1. The molecule has 0 bridgehead atoms. The first-order valence-electron chi connectivity index (χ1n) is 10.5. The van der Waals surface area contributed by atoms with Crippen LogP contribution in [-0.2, 0) is 20.0 Å². The Hall–Kier alpha value is -2.46. The largest absolute Gasteiger partial charge is 0.370 e. The summed E-state index contributed by atoms with van der Waals surface area (Å²) in [6.07, 6.45) is 1.94. The van der Waals surface area contributed by atoms with Crippen LogP contribution in [0.15, 0.2) is 70.5 Å². The highest BCUT2D eigenvalue weighted by Crippen LogP contribution is 2.34. The van der Waals surface area contributed by atoms with Crippen molar-refractivity contribution >= 4 is 60.3 Å². The van der Waals surface area contributed by atoms with E-state index < -0.39 is 20.0 Å². The van der Waals surface area contributed by atoms with E-state index >= 15 is 0 Å². The minimum absolute atomic E-state index is 0.0857. The van der Waals surface area contributed by atoms with Crippen LogP contribution in [0.2, 0.25) is 10.0 Å². The summed E-state index contributed by atoms with van der Waals surface area (Å²) in [5, 5.41) is 0.500. The molecule has 34 heavy (non-hydrogen) atoms. The number of anilines is 3. The SMILES string of the molecule is Cc1ccc(S(=O)(=O)Nc2cc(S(=O)(=O)Nc3cc(Cl)ccc3Cl)ccc2N2CCCC2)cc1. The molecule has 0 aromatic heterocycles. The van der Waals surface area contributed by atoms with Crippen molar-refractivity contribution in [2.45, 2.75) is 29.6 Å². The van der Waals surface area contributed by atoms with Crippen molar-refractivity contribution in [3.05, 3.63) is 76.3 Å². The smallest absolute Gasteiger partial charge is 0.262 e. The van der Waals surface area contributed by atoms with Gasteiger partial charge in [0.05, 0.1) is 31.9 Å². The molecule has 0 amide bonds. The molecule has 1 aliphatic heterocycles. The van der Waals surface area contributed by atoms with Crippen LogP contribution in [0.3, 0.4) is 0 Å². The maximum Gasteiger partial charge on any atom is 0.262 e. The van der Waals surface area contributed by atoms with E-state index in [-0.39, 0.29) is 26.2 Å². The number of nitrogens with zero attached hydrogens (tertiary/aromatic N) is 1. The summed E-state index contributed by atoms with van der Waals surface area (Å²) in [7, 11) is -8.03. The molecule has 1 saturated heterocycles. The van der Waals surface area contributed by atoms with Crippen molar-refractivity contribution in [1.29, 1.82) is 0 Å². The van der Waals surface area contributed by atoms with Crippen molar-refractivity contribution in [3.63, 3.8) is 0 Å². The normalized spacial score (nSPS) is 14.3. The number of hydrogen-bond acceptors (Lipinski definition) is 5. The molecule has 1 heterocycles. The lowest BCUT2D eigenvalue weighted by Crippen LogP contribution is -2.22. The third-order valence-electron chi connectivity index (χ3n) is 5.47. The molecule has 3 aromatic carbocycles. The fourth-order valence-electron chi connectivity index (χ4n) is 3.70. The van der Waals surface area contributed by atoms with Gasteiger partial charge in [-0.25, -0.2) is 16.8 Å². The Bertz CT molecular complexity index is 1420. The van der Waals surface area contributed by atoms with Crippen LogP contribution >= 0.6 is 23.2 Å². The second kappa shape index (κ2) is 9.65. The number of rotatable bonds is 7. The van der Waals surface area contributed by atoms with Crippen molar-refractivity contribution < 1.29 is 16.8 Å². The van der Waals surface area contributed by atoms with E-state index in [1.54, 1.807) is 24.3 Å². The van der Waals surface area contributed by atoms with E-state index in [1.165, 1.54) is 36.4 Å². The molecule has 11 heteroatoms. The summed E-state index contributed by atoms with van der Waals surface area (Å²) in [6, 6.07) is 15.2. The quantitative estimate of drug-likeness (QED) is 0.413. The monoisotopic (exact) mass is 539 g/mol. The van der Waals surface area contributed by atoms with E-state index in [1.807, 2.05) is 11.8 Å². The maximum atomic E-state index is 13.1. The van der Waals surface area contributed by atoms with Crippen LogP contribution < -0.4 is 14.3 Å². The highest BCUT2D eigenvalue weighted by molar-refractivity contribution is 7.93. The summed E-state index contributed by atoms with van der Waals surface area (Å²) in [5.74, 6) is 0. The zero-order valence-corrected chi connectivity index (χ0v) is 21.4. The highest BCUT2D eigenvalue weighted by atomic mass is 35.5. The van der Waals surface area contributed by atoms with Gasteiger partial charge in [-0.1, -0.05) is 40.9 Å². The molecule has 1 aliphatic rings. The van der Waals surface area contributed by atoms with E-state index in [0.717, 1.165) is 31.5 Å². The summed E-state index contributed by atoms with van der Waals surface area (Å²) in [6.45, 7) is 3.37. The van der Waals surface area contributed by atoms with Gasteiger partial charge in [-0.05, 0) is 68.3 Å². The van der Waals surface area contributed by atoms with Gasteiger partial charge in [0, 0.05) is 18.1 Å². The predicted octanol–water partition coefficient (Wildman–Crippen LogP) is 5.50. The number of aryl methyl sites for hydroxylation is 1. The van der Waals surface area contributed by atoms with Gasteiger partial charge < -0.3 is 4.90 Å². The van der Waals surface area contributed by atoms with Gasteiger partial charge in [-0.2, -0.15) is 0 Å². The molecule has 7 nitrogen and oxygen atoms in total. The number of sulfonamides is 2. The van der Waals surface area contributed by atoms with Gasteiger partial charge in [0.1, 0.15) is 0 Å². The number of halogens is 2. The molecule has 180 valence electrons. The highest BCUT2D eigenvalue weighted by Gasteiger charge is 2.24. The Kier molecular flexibility index (Phi) is 7.00. The van der Waals surface area contributed by atoms with Gasteiger partial charge in [-0.3, -0.25) is 9.44 Å². The van der Waals surface area contributed by atoms with Gasteiger partial charge >= 0.3 is 0 Å². The molecule has 0 atom stereocenters. The van der Waals surface area contributed by atoms with Crippen LogP contribution in [0.4, 0.5) is 17.1 Å². The Labute approximate surface area is 209 Å². The first-order valence-corrected chi connectivity index (χ1v) is 14.2. The standard InChI is InChI=1S/C23H23Cl2N3O4S2/c1-16-4-7-18(8-5-16)33(29,30)27-22-15-19(9-11-23(22)28-12-2-3-13-28)34(31,32)26-21-14-17(24)6-10-20(21)25/h4-11,14-15,26-27H,2-3,12-13H2,1H3. The third-order valence-corrected chi connectivity index (χ3v) is 8.78. The lowest BCUT2D eigenvalue weighted by Gasteiger charge is -2.23. The van der Waals surface area contributed by atoms with E-state index in [9.17, 15) is 16.8 Å². The zero-order valence-electron chi connectivity index (χ0n) is 18.3. The average molecular weight is 540 g/mol. The Morgan fingerprint density at radius 1 is 0.735 bits per heavy atom. The molecule has 2 N–H and O–H groups in total. The Balaban J connectivity index is 1.73. The van der Waals surface area contributed by atoms with Crippen LogP contribution in [0.5, 0.6) is 0 Å². The Morgan fingerprint density at radius 2 is 1.32 bits per heavy atom. The van der Waals surface area contributed by atoms with Crippen LogP contribution in [0.1, 0.15) is 18.4 Å². The summed E-state index contributed by atoms with van der Waals surface area (Å²) >= 11 is 12.1. The summed E-state index contributed by atoms with van der Waals surface area (Å²) < 4.78 is 57.4. The average Bonchev–Trinajstić information content (AvgIpc) is 3.31. The zero-order chi connectivity index (χ0) is 24.5. The minimum Gasteiger partial charge on any atom is -0.370 e. The molecule has 0 saturated carbocycles. The first kappa shape index (κ1) is 24.7. The van der Waals surface area contributed by atoms with Crippen molar-refractivity contribution in [2.75, 3.05) is 27.4 Å². The Morgan fingerprint density at radius 3 is 2.00 bits per heavy atom. The van der Waals surface area contributed by atoms with Gasteiger partial charge in [0.25, 0.3) is 20.0 Å². The summed E-state index contributed by atoms with van der Waals surface area (Å²) in [4.78, 5) is 2.00. The molecular weight excluding hydrogens is 517 g/mol. The second-order valence-electron chi connectivity index (χ2n) is 8.02. The molecular formula is C23H23Cl2N3O4S2. The molecule has 0 unspecified atom stereocenters. The lowest BCUT2D eigenvalue weighted by atomic mass is 10.2.